The highest BCUT2D eigenvalue weighted by molar-refractivity contribution is 5.92. The molecule has 28 heavy (non-hydrogen) atoms. The molecule has 0 saturated heterocycles. The summed E-state index contributed by atoms with van der Waals surface area (Å²) in [5.41, 5.74) is 11.9. The van der Waals surface area contributed by atoms with Crippen LogP contribution in [-0.2, 0) is 17.4 Å². The van der Waals surface area contributed by atoms with E-state index in [1.807, 2.05) is 0 Å². The molecule has 0 aliphatic heterocycles. The molecule has 0 bridgehead atoms. The monoisotopic (exact) mass is 391 g/mol. The smallest absolute Gasteiger partial charge is 0.366 e. The lowest BCUT2D eigenvalue weighted by molar-refractivity contribution is -0.137. The van der Waals surface area contributed by atoms with E-state index in [0.29, 0.717) is 12.0 Å². The van der Waals surface area contributed by atoms with E-state index in [1.54, 1.807) is 24.3 Å². The number of carbonyl (C=O) groups excluding carboxylic acids is 2. The van der Waals surface area contributed by atoms with Gasteiger partial charge in [-0.1, -0.05) is 24.3 Å². The van der Waals surface area contributed by atoms with Gasteiger partial charge in [-0.25, -0.2) is 0 Å². The van der Waals surface area contributed by atoms with Gasteiger partial charge in [-0.3, -0.25) is 9.59 Å². The predicted molar refractivity (Wildman–Crippen MR) is 100 cm³/mol. The number of nitrogens with two attached hydrogens (primary N) is 2. The second kappa shape index (κ2) is 9.18. The van der Waals surface area contributed by atoms with Crippen molar-refractivity contribution in [1.29, 1.82) is 0 Å². The highest BCUT2D eigenvalue weighted by atomic mass is 19.4. The molecular formula is C20H20F3N3O2. The van der Waals surface area contributed by atoms with Crippen LogP contribution >= 0.6 is 0 Å². The lowest BCUT2D eigenvalue weighted by Crippen LogP contribution is -2.37. The van der Waals surface area contributed by atoms with Crippen molar-refractivity contribution in [2.45, 2.75) is 18.6 Å². The van der Waals surface area contributed by atoms with E-state index in [4.69, 9.17) is 11.5 Å². The van der Waals surface area contributed by atoms with E-state index < -0.39 is 23.6 Å². The predicted octanol–water partition coefficient (Wildman–Crippen LogP) is 2.50. The maximum absolute atomic E-state index is 12.7. The van der Waals surface area contributed by atoms with Crippen LogP contribution in [0.5, 0.6) is 0 Å². The fourth-order valence-electron chi connectivity index (χ4n) is 2.46. The number of halogens is 3. The van der Waals surface area contributed by atoms with Crippen molar-refractivity contribution in [2.24, 2.45) is 11.5 Å². The van der Waals surface area contributed by atoms with Gasteiger partial charge >= 0.3 is 6.18 Å². The molecule has 8 heteroatoms. The van der Waals surface area contributed by atoms with E-state index in [2.05, 4.69) is 5.32 Å². The molecule has 5 N–H and O–H groups in total. The Balaban J connectivity index is 1.84. The van der Waals surface area contributed by atoms with Crippen LogP contribution in [0.2, 0.25) is 0 Å². The van der Waals surface area contributed by atoms with E-state index in [1.165, 1.54) is 18.2 Å². The van der Waals surface area contributed by atoms with Gasteiger partial charge < -0.3 is 16.8 Å². The highest BCUT2D eigenvalue weighted by Gasteiger charge is 2.30. The van der Waals surface area contributed by atoms with Gasteiger partial charge in [0, 0.05) is 24.2 Å². The SMILES string of the molecule is NC(=O)c1ccc(C[C@H](N)CNC(=O)/C=C/c2cccc(C(F)(F)F)c2)cc1. The van der Waals surface area contributed by atoms with E-state index in [0.717, 1.165) is 23.8 Å². The Morgan fingerprint density at radius 3 is 2.39 bits per heavy atom. The van der Waals surface area contributed by atoms with Gasteiger partial charge in [0.2, 0.25) is 11.8 Å². The molecule has 0 saturated carbocycles. The van der Waals surface area contributed by atoms with Gasteiger partial charge in [0.15, 0.2) is 0 Å². The number of carbonyl (C=O) groups is 2. The molecule has 2 amide bonds. The van der Waals surface area contributed by atoms with E-state index in [-0.39, 0.29) is 18.2 Å². The molecule has 0 unspecified atom stereocenters. The number of nitrogens with one attached hydrogen (secondary N) is 1. The maximum Gasteiger partial charge on any atom is 0.416 e. The summed E-state index contributed by atoms with van der Waals surface area (Å²) >= 11 is 0. The summed E-state index contributed by atoms with van der Waals surface area (Å²) in [5.74, 6) is -0.979. The van der Waals surface area contributed by atoms with Crippen molar-refractivity contribution in [2.75, 3.05) is 6.54 Å². The van der Waals surface area contributed by atoms with Gasteiger partial charge in [-0.05, 0) is 47.9 Å². The molecule has 0 fully saturated rings. The molecule has 0 radical (unpaired) electrons. The number of hydrogen-bond acceptors (Lipinski definition) is 3. The average molecular weight is 391 g/mol. The zero-order valence-corrected chi connectivity index (χ0v) is 14.9. The molecule has 0 aromatic heterocycles. The number of primary amides is 1. The first-order chi connectivity index (χ1) is 13.1. The molecule has 2 aromatic carbocycles. The molecule has 148 valence electrons. The summed E-state index contributed by atoms with van der Waals surface area (Å²) in [6.07, 6.45) is -1.51. The second-order valence-electron chi connectivity index (χ2n) is 6.23. The first-order valence-electron chi connectivity index (χ1n) is 8.42. The van der Waals surface area contributed by atoms with E-state index >= 15 is 0 Å². The molecular weight excluding hydrogens is 371 g/mol. The van der Waals surface area contributed by atoms with Crippen LogP contribution in [0.25, 0.3) is 6.08 Å². The third kappa shape index (κ3) is 6.55. The Morgan fingerprint density at radius 1 is 1.11 bits per heavy atom. The number of amides is 2. The van der Waals surface area contributed by atoms with Crippen molar-refractivity contribution < 1.29 is 22.8 Å². The fourth-order valence-corrected chi connectivity index (χ4v) is 2.46. The van der Waals surface area contributed by atoms with Gasteiger partial charge in [0.25, 0.3) is 0 Å². The second-order valence-corrected chi connectivity index (χ2v) is 6.23. The molecule has 0 spiro atoms. The largest absolute Gasteiger partial charge is 0.416 e. The van der Waals surface area contributed by atoms with Gasteiger partial charge in [-0.15, -0.1) is 0 Å². The average Bonchev–Trinajstić information content (AvgIpc) is 2.64. The number of alkyl halides is 3. The summed E-state index contributed by atoms with van der Waals surface area (Å²) in [6.45, 7) is 0.184. The van der Waals surface area contributed by atoms with Crippen LogP contribution in [0.4, 0.5) is 13.2 Å². The number of hydrogen-bond donors (Lipinski definition) is 3. The molecule has 2 rings (SSSR count). The Bertz CT molecular complexity index is 862. The summed E-state index contributed by atoms with van der Waals surface area (Å²) in [4.78, 5) is 22.9. The zero-order chi connectivity index (χ0) is 20.7. The molecule has 0 aliphatic carbocycles. The summed E-state index contributed by atoms with van der Waals surface area (Å²) in [7, 11) is 0. The first-order valence-corrected chi connectivity index (χ1v) is 8.42. The molecule has 1 atom stereocenters. The van der Waals surface area contributed by atoms with Crippen LogP contribution in [0.3, 0.4) is 0 Å². The summed E-state index contributed by atoms with van der Waals surface area (Å²) < 4.78 is 38.0. The van der Waals surface area contributed by atoms with Crippen LogP contribution in [-0.4, -0.2) is 24.4 Å². The minimum Gasteiger partial charge on any atom is -0.366 e. The third-order valence-electron chi connectivity index (χ3n) is 3.92. The molecule has 5 nitrogen and oxygen atoms in total. The van der Waals surface area contributed by atoms with Crippen LogP contribution in [0.1, 0.15) is 27.0 Å². The molecule has 0 heterocycles. The van der Waals surface area contributed by atoms with Crippen molar-refractivity contribution in [3.05, 3.63) is 76.9 Å². The quantitative estimate of drug-likeness (QED) is 0.633. The number of rotatable bonds is 7. The topological polar surface area (TPSA) is 98.2 Å². The Morgan fingerprint density at radius 2 is 1.79 bits per heavy atom. The fraction of sp³-hybridized carbons (Fsp3) is 0.200. The minimum absolute atomic E-state index is 0.184. The van der Waals surface area contributed by atoms with Crippen LogP contribution in [0.15, 0.2) is 54.6 Å². The van der Waals surface area contributed by atoms with Crippen molar-refractivity contribution in [1.82, 2.24) is 5.32 Å². The standard InChI is InChI=1S/C20H20F3N3O2/c21-20(22,23)16-3-1-2-13(10-16)6-9-18(27)26-12-17(24)11-14-4-7-15(8-5-14)19(25)28/h1-10,17H,11-12,24H2,(H2,25,28)(H,26,27)/b9-6+/t17-/m0/s1. The van der Waals surface area contributed by atoms with Gasteiger partial charge in [0.05, 0.1) is 5.56 Å². The normalized spacial score (nSPS) is 12.7. The molecule has 0 aliphatic rings. The number of benzene rings is 2. The summed E-state index contributed by atoms with van der Waals surface area (Å²) in [6, 6.07) is 11.0. The Kier molecular flexibility index (Phi) is 6.94. The van der Waals surface area contributed by atoms with Crippen LogP contribution in [0, 0.1) is 0 Å². The molecule has 2 aromatic rings. The summed E-state index contributed by atoms with van der Waals surface area (Å²) in [5, 5.41) is 2.60. The van der Waals surface area contributed by atoms with Crippen molar-refractivity contribution in [3.63, 3.8) is 0 Å². The first kappa shape index (κ1) is 21.2. The van der Waals surface area contributed by atoms with Gasteiger partial charge in [-0.2, -0.15) is 13.2 Å². The van der Waals surface area contributed by atoms with Crippen LogP contribution < -0.4 is 16.8 Å². The highest BCUT2D eigenvalue weighted by Crippen LogP contribution is 2.29. The maximum atomic E-state index is 12.7. The Labute approximate surface area is 160 Å². The van der Waals surface area contributed by atoms with Crippen molar-refractivity contribution in [3.8, 4) is 0 Å². The van der Waals surface area contributed by atoms with E-state index in [9.17, 15) is 22.8 Å². The lowest BCUT2D eigenvalue weighted by Gasteiger charge is -2.12. The zero-order valence-electron chi connectivity index (χ0n) is 14.9. The minimum atomic E-state index is -4.44. The Hall–Kier alpha value is -3.13. The third-order valence-corrected chi connectivity index (χ3v) is 3.92. The van der Waals surface area contributed by atoms with Gasteiger partial charge in [0.1, 0.15) is 0 Å². The lowest BCUT2D eigenvalue weighted by atomic mass is 10.0. The van der Waals surface area contributed by atoms with Crippen molar-refractivity contribution >= 4 is 17.9 Å².